The van der Waals surface area contributed by atoms with Crippen molar-refractivity contribution in [2.24, 2.45) is 0 Å². The van der Waals surface area contributed by atoms with Gasteiger partial charge in [0, 0.05) is 37.7 Å². The number of aryl methyl sites for hydroxylation is 2. The summed E-state index contributed by atoms with van der Waals surface area (Å²) in [5, 5.41) is 8.46. The molecule has 9 heteroatoms. The van der Waals surface area contributed by atoms with E-state index in [-0.39, 0.29) is 23.8 Å². The summed E-state index contributed by atoms with van der Waals surface area (Å²) >= 11 is 0. The Morgan fingerprint density at radius 1 is 1.23 bits per heavy atom. The molecule has 1 amide bonds. The Morgan fingerprint density at radius 3 is 2.74 bits per heavy atom. The van der Waals surface area contributed by atoms with Crippen molar-refractivity contribution in [3.63, 3.8) is 0 Å². The maximum atomic E-state index is 13.0. The summed E-state index contributed by atoms with van der Waals surface area (Å²) in [5.74, 6) is 1.52. The Bertz CT molecular complexity index is 1250. The average Bonchev–Trinajstić information content (AvgIpc) is 3.51. The number of benzene rings is 1. The largest absolute Gasteiger partial charge is 0.444 e. The molecule has 9 nitrogen and oxygen atoms in total. The number of hydrogen-bond acceptors (Lipinski definition) is 7. The molecule has 0 spiro atoms. The van der Waals surface area contributed by atoms with Gasteiger partial charge < -0.3 is 14.2 Å². The molecule has 5 rings (SSSR count). The molecule has 3 aromatic rings. The molecule has 1 aromatic carbocycles. The van der Waals surface area contributed by atoms with Gasteiger partial charge in [0.2, 0.25) is 11.7 Å². The monoisotopic (exact) mass is 477 g/mol. The van der Waals surface area contributed by atoms with E-state index in [1.165, 1.54) is 11.1 Å². The van der Waals surface area contributed by atoms with E-state index >= 15 is 0 Å². The average molecular weight is 478 g/mol. The highest BCUT2D eigenvalue weighted by Crippen LogP contribution is 2.38. The van der Waals surface area contributed by atoms with Crippen LogP contribution in [0.25, 0.3) is 11.4 Å². The van der Waals surface area contributed by atoms with Gasteiger partial charge in [0.15, 0.2) is 5.78 Å². The second kappa shape index (κ2) is 8.94. The van der Waals surface area contributed by atoms with Crippen LogP contribution in [-0.2, 0) is 17.6 Å². The van der Waals surface area contributed by atoms with E-state index in [1.54, 1.807) is 22.0 Å². The fourth-order valence-electron chi connectivity index (χ4n) is 4.69. The number of ketones is 1. The van der Waals surface area contributed by atoms with Crippen molar-refractivity contribution >= 4 is 11.9 Å². The van der Waals surface area contributed by atoms with Gasteiger partial charge in [0.1, 0.15) is 5.60 Å². The molecule has 3 heterocycles. The van der Waals surface area contributed by atoms with Crippen molar-refractivity contribution < 1.29 is 18.8 Å². The molecule has 2 aromatic heterocycles. The van der Waals surface area contributed by atoms with Crippen LogP contribution >= 0.6 is 0 Å². The van der Waals surface area contributed by atoms with Crippen LogP contribution in [0.1, 0.15) is 79.9 Å². The van der Waals surface area contributed by atoms with Crippen molar-refractivity contribution in [3.05, 3.63) is 53.2 Å². The molecule has 0 saturated carbocycles. The number of aromatic nitrogens is 4. The van der Waals surface area contributed by atoms with Crippen molar-refractivity contribution in [2.75, 3.05) is 13.1 Å². The van der Waals surface area contributed by atoms with Gasteiger partial charge in [0.25, 0.3) is 0 Å². The van der Waals surface area contributed by atoms with Gasteiger partial charge in [-0.15, -0.1) is 0 Å². The number of ether oxygens (including phenoxy) is 1. The quantitative estimate of drug-likeness (QED) is 0.478. The number of fused-ring (bicyclic) bond motifs is 1. The predicted molar refractivity (Wildman–Crippen MR) is 128 cm³/mol. The second-order valence-corrected chi connectivity index (χ2v) is 10.4. The van der Waals surface area contributed by atoms with Gasteiger partial charge in [-0.1, -0.05) is 24.2 Å². The van der Waals surface area contributed by atoms with E-state index < -0.39 is 5.60 Å². The van der Waals surface area contributed by atoms with Crippen LogP contribution in [0.5, 0.6) is 0 Å². The number of nitrogens with zero attached hydrogens (tertiary/aromatic N) is 5. The molecule has 0 N–H and O–H groups in total. The van der Waals surface area contributed by atoms with Crippen molar-refractivity contribution in [1.29, 1.82) is 0 Å². The molecule has 2 aliphatic rings. The van der Waals surface area contributed by atoms with E-state index in [4.69, 9.17) is 9.26 Å². The number of amides is 1. The fourth-order valence-corrected chi connectivity index (χ4v) is 4.69. The number of Topliss-reactive ketones (excluding diaryl/α,β-unsaturated/α-hetero) is 1. The summed E-state index contributed by atoms with van der Waals surface area (Å²) in [6, 6.07) is 6.29. The van der Waals surface area contributed by atoms with Crippen molar-refractivity contribution in [1.82, 2.24) is 24.8 Å². The lowest BCUT2D eigenvalue weighted by Gasteiger charge is -2.39. The number of rotatable bonds is 6. The van der Waals surface area contributed by atoms with Gasteiger partial charge in [0.05, 0.1) is 17.8 Å². The molecule has 1 saturated heterocycles. The minimum Gasteiger partial charge on any atom is -0.444 e. The molecule has 1 aliphatic carbocycles. The minimum atomic E-state index is -0.514. The van der Waals surface area contributed by atoms with Gasteiger partial charge in [-0.2, -0.15) is 10.1 Å². The van der Waals surface area contributed by atoms with Gasteiger partial charge in [-0.25, -0.2) is 4.79 Å². The molecular weight excluding hydrogens is 446 g/mol. The number of carbonyl (C=O) groups is 2. The summed E-state index contributed by atoms with van der Waals surface area (Å²) in [5.41, 5.74) is 3.52. The molecule has 184 valence electrons. The fraction of sp³-hybridized carbons (Fsp3) is 0.500. The SMILES string of the molecule is CCc1nc(-c2ccc3c(c2)CC[C@H]3CC(=O)c2cnn(C3CN(C(=O)OC(C)(C)C)C3)c2)no1. The first-order valence-corrected chi connectivity index (χ1v) is 12.2. The van der Waals surface area contributed by atoms with Crippen LogP contribution in [0.3, 0.4) is 0 Å². The number of carbonyl (C=O) groups excluding carboxylic acids is 2. The zero-order chi connectivity index (χ0) is 24.7. The smallest absolute Gasteiger partial charge is 0.410 e. The van der Waals surface area contributed by atoms with Crippen LogP contribution in [0.4, 0.5) is 4.79 Å². The summed E-state index contributed by atoms with van der Waals surface area (Å²) < 4.78 is 12.4. The molecule has 1 aliphatic heterocycles. The van der Waals surface area contributed by atoms with Crippen LogP contribution in [0.15, 0.2) is 35.1 Å². The lowest BCUT2D eigenvalue weighted by atomic mass is 9.93. The minimum absolute atomic E-state index is 0.0630. The van der Waals surface area contributed by atoms with E-state index in [9.17, 15) is 9.59 Å². The Labute approximate surface area is 204 Å². The normalized spacial score (nSPS) is 17.8. The first-order valence-electron chi connectivity index (χ1n) is 12.2. The predicted octanol–water partition coefficient (Wildman–Crippen LogP) is 4.59. The van der Waals surface area contributed by atoms with E-state index in [0.29, 0.717) is 43.2 Å². The zero-order valence-electron chi connectivity index (χ0n) is 20.7. The molecule has 1 fully saturated rings. The van der Waals surface area contributed by atoms with E-state index in [1.807, 2.05) is 33.8 Å². The van der Waals surface area contributed by atoms with Gasteiger partial charge in [-0.05, 0) is 56.7 Å². The van der Waals surface area contributed by atoms with Crippen molar-refractivity contribution in [2.45, 2.75) is 70.9 Å². The van der Waals surface area contributed by atoms with Gasteiger partial charge >= 0.3 is 6.09 Å². The zero-order valence-corrected chi connectivity index (χ0v) is 20.7. The van der Waals surface area contributed by atoms with E-state index in [0.717, 1.165) is 18.4 Å². The maximum absolute atomic E-state index is 13.0. The molecule has 1 atom stereocenters. The summed E-state index contributed by atoms with van der Waals surface area (Å²) in [7, 11) is 0. The van der Waals surface area contributed by atoms with Crippen LogP contribution in [0, 0.1) is 0 Å². The van der Waals surface area contributed by atoms with Crippen LogP contribution in [-0.4, -0.2) is 55.4 Å². The van der Waals surface area contributed by atoms with Crippen LogP contribution in [0.2, 0.25) is 0 Å². The first kappa shape index (κ1) is 23.3. The number of hydrogen-bond donors (Lipinski definition) is 0. The summed E-state index contributed by atoms with van der Waals surface area (Å²) in [4.78, 5) is 31.3. The first-order chi connectivity index (χ1) is 16.7. The second-order valence-electron chi connectivity index (χ2n) is 10.4. The Morgan fingerprint density at radius 2 is 2.03 bits per heavy atom. The third kappa shape index (κ3) is 4.85. The highest BCUT2D eigenvalue weighted by Gasteiger charge is 2.35. The lowest BCUT2D eigenvalue weighted by molar-refractivity contribution is -0.000416. The molecule has 0 bridgehead atoms. The molecular formula is C26H31N5O4. The van der Waals surface area contributed by atoms with Gasteiger partial charge in [-0.3, -0.25) is 9.48 Å². The number of likely N-dealkylation sites (tertiary alicyclic amines) is 1. The summed E-state index contributed by atoms with van der Waals surface area (Å²) in [6.07, 6.45) is 6.17. The van der Waals surface area contributed by atoms with Crippen molar-refractivity contribution in [3.8, 4) is 11.4 Å². The van der Waals surface area contributed by atoms with E-state index in [2.05, 4.69) is 27.4 Å². The third-order valence-electron chi connectivity index (χ3n) is 6.62. The molecule has 0 radical (unpaired) electrons. The topological polar surface area (TPSA) is 103 Å². The Hall–Kier alpha value is -3.49. The summed E-state index contributed by atoms with van der Waals surface area (Å²) in [6.45, 7) is 8.60. The molecule has 0 unspecified atom stereocenters. The molecule has 35 heavy (non-hydrogen) atoms. The Kier molecular flexibility index (Phi) is 5.94. The standard InChI is InChI=1S/C26H31N5O4/c1-5-23-28-24(29-35-23)18-8-9-21-16(10-18)6-7-17(21)11-22(32)19-12-27-31(13-19)20-14-30(15-20)25(33)34-26(2,3)4/h8-10,12-13,17,20H,5-7,11,14-15H2,1-4H3/t17-/m0/s1. The third-order valence-corrected chi connectivity index (χ3v) is 6.62. The Balaban J connectivity index is 1.19. The highest BCUT2D eigenvalue weighted by atomic mass is 16.6. The maximum Gasteiger partial charge on any atom is 0.410 e. The highest BCUT2D eigenvalue weighted by molar-refractivity contribution is 5.96. The lowest BCUT2D eigenvalue weighted by Crippen LogP contribution is -2.52. The van der Waals surface area contributed by atoms with Crippen LogP contribution < -0.4 is 0 Å².